The third-order valence-corrected chi connectivity index (χ3v) is 5.16. The lowest BCUT2D eigenvalue weighted by Gasteiger charge is -2.37. The van der Waals surface area contributed by atoms with Crippen molar-refractivity contribution in [3.63, 3.8) is 0 Å². The van der Waals surface area contributed by atoms with Gasteiger partial charge in [-0.05, 0) is 18.2 Å². The number of ether oxygens (including phenoxy) is 2. The minimum atomic E-state index is -0.865. The number of halogens is 1. The van der Waals surface area contributed by atoms with Gasteiger partial charge in [0.1, 0.15) is 11.9 Å². The Bertz CT molecular complexity index is 548. The summed E-state index contributed by atoms with van der Waals surface area (Å²) in [6, 6.07) is 3.68. The molecule has 114 valence electrons. The molecule has 5 nitrogen and oxygen atoms in total. The molecule has 2 saturated heterocycles. The van der Waals surface area contributed by atoms with E-state index >= 15 is 0 Å². The van der Waals surface area contributed by atoms with E-state index in [0.717, 1.165) is 42.9 Å². The lowest BCUT2D eigenvalue weighted by Crippen LogP contribution is -2.43. The minimum Gasteiger partial charge on any atom is -0.490 e. The van der Waals surface area contributed by atoms with Crippen LogP contribution in [0.25, 0.3) is 0 Å². The maximum absolute atomic E-state index is 13.6. The Morgan fingerprint density at radius 2 is 2.38 bits per heavy atom. The molecule has 7 heteroatoms. The van der Waals surface area contributed by atoms with Crippen molar-refractivity contribution in [2.45, 2.75) is 31.0 Å². The van der Waals surface area contributed by atoms with Gasteiger partial charge in [0.15, 0.2) is 0 Å². The van der Waals surface area contributed by atoms with E-state index in [1.807, 2.05) is 11.8 Å². The Hall–Kier alpha value is -1.34. The summed E-state index contributed by atoms with van der Waals surface area (Å²) in [4.78, 5) is 9.86. The van der Waals surface area contributed by atoms with Crippen LogP contribution in [-0.2, 0) is 4.74 Å². The highest BCUT2D eigenvalue weighted by Gasteiger charge is 2.41. The largest absolute Gasteiger partial charge is 0.490 e. The Morgan fingerprint density at radius 3 is 3.05 bits per heavy atom. The molecule has 2 unspecified atom stereocenters. The van der Waals surface area contributed by atoms with E-state index in [1.165, 1.54) is 6.07 Å². The van der Waals surface area contributed by atoms with Crippen molar-refractivity contribution in [1.82, 2.24) is 0 Å². The molecule has 0 aliphatic carbocycles. The summed E-state index contributed by atoms with van der Waals surface area (Å²) in [5.41, 5.74) is -0.634. The number of nitro benzene ring substituents is 1. The molecule has 2 fully saturated rings. The molecular formula is C14H16FNO4S. The van der Waals surface area contributed by atoms with E-state index in [0.29, 0.717) is 12.4 Å². The Balaban J connectivity index is 1.68. The van der Waals surface area contributed by atoms with Gasteiger partial charge in [-0.3, -0.25) is 10.1 Å². The highest BCUT2D eigenvalue weighted by atomic mass is 32.2. The second-order valence-corrected chi connectivity index (χ2v) is 6.54. The van der Waals surface area contributed by atoms with Crippen molar-refractivity contribution >= 4 is 17.4 Å². The molecule has 3 rings (SSSR count). The van der Waals surface area contributed by atoms with Gasteiger partial charge in [0, 0.05) is 30.7 Å². The molecule has 0 amide bonds. The summed E-state index contributed by atoms with van der Waals surface area (Å²) in [7, 11) is 0. The monoisotopic (exact) mass is 313 g/mol. The van der Waals surface area contributed by atoms with Crippen molar-refractivity contribution < 1.29 is 18.8 Å². The van der Waals surface area contributed by atoms with Gasteiger partial charge in [-0.2, -0.15) is 16.2 Å². The van der Waals surface area contributed by atoms with Crippen molar-refractivity contribution in [2.75, 3.05) is 18.1 Å². The lowest BCUT2D eigenvalue weighted by atomic mass is 9.91. The molecule has 2 aliphatic rings. The summed E-state index contributed by atoms with van der Waals surface area (Å²) < 4.78 is 25.3. The van der Waals surface area contributed by atoms with E-state index in [1.54, 1.807) is 0 Å². The summed E-state index contributed by atoms with van der Waals surface area (Å²) >= 11 is 1.88. The van der Waals surface area contributed by atoms with Gasteiger partial charge in [-0.25, -0.2) is 0 Å². The lowest BCUT2D eigenvalue weighted by molar-refractivity contribution is -0.387. The first-order valence-electron chi connectivity index (χ1n) is 6.90. The maximum atomic E-state index is 13.6. The molecule has 0 aromatic heterocycles. The van der Waals surface area contributed by atoms with Crippen LogP contribution in [0, 0.1) is 15.9 Å². The van der Waals surface area contributed by atoms with Crippen LogP contribution < -0.4 is 4.74 Å². The molecular weight excluding hydrogens is 297 g/mol. The van der Waals surface area contributed by atoms with Crippen LogP contribution in [0.2, 0.25) is 0 Å². The maximum Gasteiger partial charge on any atom is 0.305 e. The van der Waals surface area contributed by atoms with Gasteiger partial charge in [0.2, 0.25) is 5.82 Å². The quantitative estimate of drug-likeness (QED) is 0.633. The van der Waals surface area contributed by atoms with Crippen LogP contribution in [0.15, 0.2) is 18.2 Å². The fourth-order valence-corrected chi connectivity index (χ4v) is 4.23. The average Bonchev–Trinajstić information content (AvgIpc) is 2.86. The van der Waals surface area contributed by atoms with Crippen LogP contribution >= 0.6 is 11.8 Å². The molecule has 2 heterocycles. The zero-order valence-corrected chi connectivity index (χ0v) is 12.2. The number of hydrogen-bond donors (Lipinski definition) is 0. The number of rotatable bonds is 3. The van der Waals surface area contributed by atoms with Crippen LogP contribution in [-0.4, -0.2) is 34.7 Å². The minimum absolute atomic E-state index is 0.0293. The summed E-state index contributed by atoms with van der Waals surface area (Å²) in [5.74, 6) is 1.54. The molecule has 2 aliphatic heterocycles. The van der Waals surface area contributed by atoms with E-state index in [-0.39, 0.29) is 11.7 Å². The summed E-state index contributed by atoms with van der Waals surface area (Å²) in [6.45, 7) is 0.640. The normalized spacial score (nSPS) is 28.7. The molecule has 0 saturated carbocycles. The molecule has 1 aromatic carbocycles. The van der Waals surface area contributed by atoms with Gasteiger partial charge in [0.05, 0.1) is 17.1 Å². The van der Waals surface area contributed by atoms with Gasteiger partial charge in [-0.1, -0.05) is 0 Å². The first-order valence-corrected chi connectivity index (χ1v) is 8.06. The summed E-state index contributed by atoms with van der Waals surface area (Å²) in [6.07, 6.45) is 2.54. The SMILES string of the molecule is O=[N+]([O-])c1ccc(OC2CCOC3(CCSC3)C2)cc1F. The number of hydrogen-bond acceptors (Lipinski definition) is 5. The number of benzene rings is 1. The molecule has 0 N–H and O–H groups in total. The molecule has 1 spiro atoms. The molecule has 0 bridgehead atoms. The molecule has 21 heavy (non-hydrogen) atoms. The second-order valence-electron chi connectivity index (χ2n) is 5.44. The third kappa shape index (κ3) is 3.13. The van der Waals surface area contributed by atoms with E-state index < -0.39 is 16.4 Å². The summed E-state index contributed by atoms with van der Waals surface area (Å²) in [5, 5.41) is 10.6. The predicted octanol–water partition coefficient (Wildman–Crippen LogP) is 3.17. The zero-order chi connectivity index (χ0) is 14.9. The highest BCUT2D eigenvalue weighted by Crippen LogP contribution is 2.39. The van der Waals surface area contributed by atoms with Crippen LogP contribution in [0.3, 0.4) is 0 Å². The molecule has 2 atom stereocenters. The van der Waals surface area contributed by atoms with Crippen molar-refractivity contribution in [2.24, 2.45) is 0 Å². The van der Waals surface area contributed by atoms with Crippen LogP contribution in [0.1, 0.15) is 19.3 Å². The number of nitro groups is 1. The molecule has 1 aromatic rings. The Morgan fingerprint density at radius 1 is 1.52 bits per heavy atom. The zero-order valence-electron chi connectivity index (χ0n) is 11.4. The third-order valence-electron chi connectivity index (χ3n) is 3.93. The van der Waals surface area contributed by atoms with Crippen molar-refractivity contribution in [3.8, 4) is 5.75 Å². The van der Waals surface area contributed by atoms with Gasteiger partial charge < -0.3 is 9.47 Å². The van der Waals surface area contributed by atoms with E-state index in [9.17, 15) is 14.5 Å². The van der Waals surface area contributed by atoms with Gasteiger partial charge in [-0.15, -0.1) is 0 Å². The topological polar surface area (TPSA) is 61.6 Å². The first-order chi connectivity index (χ1) is 10.1. The predicted molar refractivity (Wildman–Crippen MR) is 77.3 cm³/mol. The van der Waals surface area contributed by atoms with E-state index in [2.05, 4.69) is 0 Å². The van der Waals surface area contributed by atoms with E-state index in [4.69, 9.17) is 9.47 Å². The fourth-order valence-electron chi connectivity index (χ4n) is 2.85. The highest BCUT2D eigenvalue weighted by molar-refractivity contribution is 7.99. The van der Waals surface area contributed by atoms with Gasteiger partial charge >= 0.3 is 5.69 Å². The van der Waals surface area contributed by atoms with Crippen molar-refractivity contribution in [3.05, 3.63) is 34.1 Å². The Labute approximate surface area is 126 Å². The number of nitrogens with zero attached hydrogens (tertiary/aromatic N) is 1. The van der Waals surface area contributed by atoms with Gasteiger partial charge in [0.25, 0.3) is 0 Å². The Kier molecular flexibility index (Phi) is 4.03. The van der Waals surface area contributed by atoms with Crippen LogP contribution in [0.5, 0.6) is 5.75 Å². The average molecular weight is 313 g/mol. The van der Waals surface area contributed by atoms with Crippen molar-refractivity contribution in [1.29, 1.82) is 0 Å². The smallest absolute Gasteiger partial charge is 0.305 e. The van der Waals surface area contributed by atoms with Crippen LogP contribution in [0.4, 0.5) is 10.1 Å². The second kappa shape index (κ2) is 5.81. The standard InChI is InChI=1S/C14H16FNO4S/c15-12-7-10(1-2-13(12)16(17)18)20-11-3-5-19-14(8-11)4-6-21-9-14/h1-2,7,11H,3-6,8-9H2. The number of thioether (sulfide) groups is 1. The fraction of sp³-hybridized carbons (Fsp3) is 0.571. The molecule has 0 radical (unpaired) electrons. The first kappa shape index (κ1) is 14.6.